The lowest BCUT2D eigenvalue weighted by molar-refractivity contribution is -0.114. The van der Waals surface area contributed by atoms with Crippen LogP contribution in [0.15, 0.2) is 54.7 Å². The minimum atomic E-state index is -0.0963. The Bertz CT molecular complexity index is 1270. The molecule has 1 amide bonds. The third-order valence-electron chi connectivity index (χ3n) is 7.46. The number of benzene rings is 1. The third-order valence-corrected chi connectivity index (χ3v) is 7.77. The van der Waals surface area contributed by atoms with Gasteiger partial charge in [0.15, 0.2) is 5.11 Å². The van der Waals surface area contributed by atoms with Gasteiger partial charge in [0.05, 0.1) is 31.0 Å². The molecule has 0 bridgehead atoms. The second-order valence-corrected chi connectivity index (χ2v) is 10.4. The molecule has 3 aromatic rings. The van der Waals surface area contributed by atoms with Crippen molar-refractivity contribution in [1.29, 1.82) is 0 Å². The molecule has 0 saturated carbocycles. The number of ether oxygens (including phenoxy) is 1. The Labute approximate surface area is 230 Å². The van der Waals surface area contributed by atoms with Crippen LogP contribution in [0.25, 0.3) is 0 Å². The van der Waals surface area contributed by atoms with Crippen molar-refractivity contribution < 1.29 is 9.53 Å². The van der Waals surface area contributed by atoms with Gasteiger partial charge in [0.25, 0.3) is 0 Å². The fraction of sp³-hybridized carbons (Fsp3) is 0.414. The summed E-state index contributed by atoms with van der Waals surface area (Å²) in [6.07, 6.45) is 2.92. The predicted octanol–water partition coefficient (Wildman–Crippen LogP) is 4.36. The summed E-state index contributed by atoms with van der Waals surface area (Å²) < 4.78 is 7.93. The molecule has 2 aliphatic rings. The number of amides is 1. The second kappa shape index (κ2) is 11.6. The molecule has 8 nitrogen and oxygen atoms in total. The van der Waals surface area contributed by atoms with E-state index in [1.807, 2.05) is 42.6 Å². The molecule has 2 atom stereocenters. The van der Waals surface area contributed by atoms with Gasteiger partial charge in [0.2, 0.25) is 5.91 Å². The van der Waals surface area contributed by atoms with Crippen LogP contribution in [-0.4, -0.2) is 58.3 Å². The van der Waals surface area contributed by atoms with E-state index in [2.05, 4.69) is 56.0 Å². The maximum Gasteiger partial charge on any atom is 0.221 e. The molecule has 200 valence electrons. The topological polar surface area (TPSA) is 74.7 Å². The van der Waals surface area contributed by atoms with Crippen LogP contribution in [-0.2, 0) is 16.1 Å². The molecule has 0 spiro atoms. The van der Waals surface area contributed by atoms with Gasteiger partial charge in [-0.25, -0.2) is 0 Å². The molecule has 9 heteroatoms. The number of pyridine rings is 1. The number of anilines is 2. The van der Waals surface area contributed by atoms with Crippen LogP contribution in [0.2, 0.25) is 0 Å². The van der Waals surface area contributed by atoms with E-state index >= 15 is 0 Å². The van der Waals surface area contributed by atoms with Crippen LogP contribution >= 0.6 is 12.2 Å². The normalized spacial score (nSPS) is 20.0. The largest absolute Gasteiger partial charge is 0.379 e. The highest BCUT2D eigenvalue weighted by molar-refractivity contribution is 7.80. The molecular weight excluding hydrogens is 496 g/mol. The van der Waals surface area contributed by atoms with Crippen molar-refractivity contribution in [2.45, 2.75) is 45.8 Å². The highest BCUT2D eigenvalue weighted by Gasteiger charge is 2.42. The van der Waals surface area contributed by atoms with Crippen molar-refractivity contribution in [2.75, 3.05) is 43.1 Å². The van der Waals surface area contributed by atoms with Crippen molar-refractivity contribution in [3.05, 3.63) is 77.4 Å². The Kier molecular flexibility index (Phi) is 8.06. The zero-order valence-corrected chi connectivity index (χ0v) is 23.1. The SMILES string of the molecule is CC(=O)Nc1ccc(N2C(=S)N[C@@H](c3ccccn3)[C@H]2c2cc(C)n(CCCN3CCOCC3)c2C)cc1. The summed E-state index contributed by atoms with van der Waals surface area (Å²) in [6, 6.07) is 16.0. The molecule has 1 aromatic carbocycles. The van der Waals surface area contributed by atoms with Crippen molar-refractivity contribution in [3.63, 3.8) is 0 Å². The number of nitrogens with one attached hydrogen (secondary N) is 2. The number of carbonyl (C=O) groups is 1. The second-order valence-electron chi connectivity index (χ2n) is 10.0. The first-order valence-electron chi connectivity index (χ1n) is 13.3. The number of hydrogen-bond donors (Lipinski definition) is 2. The average Bonchev–Trinajstić information content (AvgIpc) is 3.40. The summed E-state index contributed by atoms with van der Waals surface area (Å²) in [4.78, 5) is 20.9. The fourth-order valence-electron chi connectivity index (χ4n) is 5.61. The Morgan fingerprint density at radius 2 is 1.89 bits per heavy atom. The molecule has 0 radical (unpaired) electrons. The molecule has 4 heterocycles. The molecule has 0 unspecified atom stereocenters. The zero-order chi connectivity index (χ0) is 26.6. The first kappa shape index (κ1) is 26.3. The number of hydrogen-bond acceptors (Lipinski definition) is 5. The van der Waals surface area contributed by atoms with Crippen molar-refractivity contribution >= 4 is 34.6 Å². The van der Waals surface area contributed by atoms with Crippen molar-refractivity contribution in [1.82, 2.24) is 19.8 Å². The van der Waals surface area contributed by atoms with Gasteiger partial charge in [0, 0.05) is 62.1 Å². The number of morpholine rings is 1. The first-order valence-corrected chi connectivity index (χ1v) is 13.7. The van der Waals surface area contributed by atoms with Gasteiger partial charge < -0.3 is 24.8 Å². The van der Waals surface area contributed by atoms with Crippen LogP contribution < -0.4 is 15.5 Å². The standard InChI is InChI=1S/C29H36N6O2S/c1-20-19-25(21(2)34(20)14-6-13-33-15-17-37-18-16-33)28-27(26-7-4-5-12-30-26)32-29(38)35(28)24-10-8-23(9-11-24)31-22(3)36/h4-5,7-12,19,27-28H,6,13-18H2,1-3H3,(H,31,36)(H,32,38)/t27-,28+/m0/s1. The van der Waals surface area contributed by atoms with E-state index < -0.39 is 0 Å². The van der Waals surface area contributed by atoms with E-state index in [1.165, 1.54) is 23.9 Å². The average molecular weight is 533 g/mol. The smallest absolute Gasteiger partial charge is 0.221 e. The molecule has 2 aromatic heterocycles. The first-order chi connectivity index (χ1) is 18.4. The molecule has 2 aliphatic heterocycles. The van der Waals surface area contributed by atoms with Gasteiger partial charge in [-0.3, -0.25) is 14.7 Å². The fourth-order valence-corrected chi connectivity index (χ4v) is 5.95. The summed E-state index contributed by atoms with van der Waals surface area (Å²) >= 11 is 5.90. The van der Waals surface area contributed by atoms with Gasteiger partial charge in [0.1, 0.15) is 0 Å². The minimum Gasteiger partial charge on any atom is -0.379 e. The maximum atomic E-state index is 11.5. The van der Waals surface area contributed by atoms with E-state index in [9.17, 15) is 4.79 Å². The summed E-state index contributed by atoms with van der Waals surface area (Å²) in [5, 5.41) is 7.06. The molecule has 38 heavy (non-hydrogen) atoms. The Balaban J connectivity index is 1.45. The molecule has 2 saturated heterocycles. The number of rotatable bonds is 8. The van der Waals surface area contributed by atoms with Gasteiger partial charge >= 0.3 is 0 Å². The Hall–Kier alpha value is -3.27. The number of carbonyl (C=O) groups excluding carboxylic acids is 1. The van der Waals surface area contributed by atoms with Gasteiger partial charge in [-0.15, -0.1) is 0 Å². The van der Waals surface area contributed by atoms with Gasteiger partial charge in [-0.2, -0.15) is 0 Å². The highest BCUT2D eigenvalue weighted by Crippen LogP contribution is 2.43. The summed E-state index contributed by atoms with van der Waals surface area (Å²) in [7, 11) is 0. The quantitative estimate of drug-likeness (QED) is 0.418. The minimum absolute atomic E-state index is 0.0665. The van der Waals surface area contributed by atoms with E-state index in [0.29, 0.717) is 5.11 Å². The number of thiocarbonyl (C=S) groups is 1. The van der Waals surface area contributed by atoms with E-state index in [0.717, 1.165) is 62.9 Å². The van der Waals surface area contributed by atoms with Crippen molar-refractivity contribution in [3.8, 4) is 0 Å². The molecule has 2 N–H and O–H groups in total. The van der Waals surface area contributed by atoms with E-state index in [1.54, 1.807) is 0 Å². The summed E-state index contributed by atoms with van der Waals surface area (Å²) in [5.74, 6) is -0.0923. The molecule has 5 rings (SSSR count). The van der Waals surface area contributed by atoms with Crippen LogP contribution in [0.3, 0.4) is 0 Å². The Morgan fingerprint density at radius 1 is 1.13 bits per heavy atom. The summed E-state index contributed by atoms with van der Waals surface area (Å²) in [5.41, 5.74) is 6.42. The third kappa shape index (κ3) is 5.60. The lowest BCUT2D eigenvalue weighted by Gasteiger charge is -2.28. The molecular formula is C29H36N6O2S. The van der Waals surface area contributed by atoms with Crippen LogP contribution in [0.1, 0.15) is 48.1 Å². The number of aryl methyl sites for hydroxylation is 1. The Morgan fingerprint density at radius 3 is 2.58 bits per heavy atom. The van der Waals surface area contributed by atoms with Crippen LogP contribution in [0.5, 0.6) is 0 Å². The highest BCUT2D eigenvalue weighted by atomic mass is 32.1. The van der Waals surface area contributed by atoms with Crippen LogP contribution in [0.4, 0.5) is 11.4 Å². The molecule has 0 aliphatic carbocycles. The van der Waals surface area contributed by atoms with Gasteiger partial charge in [-0.05, 0) is 80.5 Å². The van der Waals surface area contributed by atoms with Crippen molar-refractivity contribution in [2.24, 2.45) is 0 Å². The lowest BCUT2D eigenvalue weighted by atomic mass is 9.96. The molecule has 2 fully saturated rings. The zero-order valence-electron chi connectivity index (χ0n) is 22.3. The maximum absolute atomic E-state index is 11.5. The monoisotopic (exact) mass is 532 g/mol. The summed E-state index contributed by atoms with van der Waals surface area (Å²) in [6.45, 7) is 11.7. The van der Waals surface area contributed by atoms with Gasteiger partial charge in [-0.1, -0.05) is 6.07 Å². The lowest BCUT2D eigenvalue weighted by Crippen LogP contribution is -2.37. The number of nitrogens with zero attached hydrogens (tertiary/aromatic N) is 4. The van der Waals surface area contributed by atoms with E-state index in [4.69, 9.17) is 17.0 Å². The van der Waals surface area contributed by atoms with E-state index in [-0.39, 0.29) is 18.0 Å². The predicted molar refractivity (Wildman–Crippen MR) is 154 cm³/mol. The van der Waals surface area contributed by atoms with Crippen LogP contribution in [0, 0.1) is 13.8 Å². The number of aromatic nitrogens is 2.